The Kier molecular flexibility index (Phi) is 5.03. The molecule has 8 heteroatoms. The van der Waals surface area contributed by atoms with Crippen LogP contribution in [0.3, 0.4) is 0 Å². The summed E-state index contributed by atoms with van der Waals surface area (Å²) in [6.07, 6.45) is 0. The van der Waals surface area contributed by atoms with E-state index in [4.69, 9.17) is 0 Å². The van der Waals surface area contributed by atoms with Crippen LogP contribution in [0.1, 0.15) is 0 Å². The molecular weight excluding hydrogens is 308 g/mol. The Morgan fingerprint density at radius 1 is 1.28 bits per heavy atom. The van der Waals surface area contributed by atoms with Gasteiger partial charge < -0.3 is 20.6 Å². The van der Waals surface area contributed by atoms with Crippen molar-refractivity contribution in [3.05, 3.63) is 32.8 Å². The number of benzene rings is 1. The molecule has 1 rings (SSSR count). The topological polar surface area (TPSA) is 116 Å². The average Bonchev–Trinajstić information content (AvgIpc) is 2.36. The fourth-order valence-corrected chi connectivity index (χ4v) is 1.68. The Morgan fingerprint density at radius 2 is 1.83 bits per heavy atom. The molecule has 0 spiro atoms. The molecule has 0 aliphatic rings. The van der Waals surface area contributed by atoms with Crippen LogP contribution < -0.4 is 5.32 Å². The van der Waals surface area contributed by atoms with Crippen LogP contribution in [0.5, 0.6) is 0 Å². The van der Waals surface area contributed by atoms with Crippen molar-refractivity contribution in [1.82, 2.24) is 0 Å². The quantitative estimate of drug-likeness (QED) is 0.447. The normalized spacial score (nSPS) is 11.3. The molecule has 0 bridgehead atoms. The predicted octanol–water partition coefficient (Wildman–Crippen LogP) is 0.485. The number of hydrogen-bond acceptors (Lipinski definition) is 6. The summed E-state index contributed by atoms with van der Waals surface area (Å²) in [4.78, 5) is 10.3. The molecule has 0 saturated heterocycles. The first kappa shape index (κ1) is 14.8. The van der Waals surface area contributed by atoms with Gasteiger partial charge in [-0.15, -0.1) is 0 Å². The van der Waals surface area contributed by atoms with Crippen LogP contribution in [-0.4, -0.2) is 45.6 Å². The lowest BCUT2D eigenvalue weighted by molar-refractivity contribution is -0.384. The monoisotopic (exact) mass is 320 g/mol. The van der Waals surface area contributed by atoms with Crippen LogP contribution in [-0.2, 0) is 0 Å². The minimum atomic E-state index is -1.41. The van der Waals surface area contributed by atoms with Crippen LogP contribution in [0.15, 0.2) is 22.7 Å². The first-order chi connectivity index (χ1) is 8.48. The lowest BCUT2D eigenvalue weighted by Gasteiger charge is -2.29. The highest BCUT2D eigenvalue weighted by molar-refractivity contribution is 9.10. The van der Waals surface area contributed by atoms with Gasteiger partial charge in [-0.3, -0.25) is 10.1 Å². The largest absolute Gasteiger partial charge is 0.394 e. The standard InChI is InChI=1S/C10H13BrN2O5/c11-7-1-2-9(13(17)18)8(3-7)12-10(4-14,5-15)6-16/h1-3,12,14-16H,4-6H2. The summed E-state index contributed by atoms with van der Waals surface area (Å²) in [5.41, 5.74) is -1.52. The summed E-state index contributed by atoms with van der Waals surface area (Å²) in [6.45, 7) is -1.70. The number of hydrogen-bond donors (Lipinski definition) is 4. The molecule has 0 atom stereocenters. The summed E-state index contributed by atoms with van der Waals surface area (Å²) < 4.78 is 0.596. The van der Waals surface area contributed by atoms with Crippen LogP contribution in [0.25, 0.3) is 0 Å². The SMILES string of the molecule is O=[N+]([O-])c1ccc(Br)cc1NC(CO)(CO)CO. The highest BCUT2D eigenvalue weighted by atomic mass is 79.9. The highest BCUT2D eigenvalue weighted by Gasteiger charge is 2.30. The molecule has 0 aliphatic carbocycles. The van der Waals surface area contributed by atoms with Gasteiger partial charge in [-0.05, 0) is 12.1 Å². The Bertz CT molecular complexity index is 428. The zero-order valence-corrected chi connectivity index (χ0v) is 10.9. The number of anilines is 1. The van der Waals surface area contributed by atoms with Crippen molar-refractivity contribution >= 4 is 27.3 Å². The fraction of sp³-hybridized carbons (Fsp3) is 0.400. The smallest absolute Gasteiger partial charge is 0.292 e. The second-order valence-electron chi connectivity index (χ2n) is 3.80. The third-order valence-corrected chi connectivity index (χ3v) is 2.96. The Balaban J connectivity index is 3.16. The van der Waals surface area contributed by atoms with Crippen molar-refractivity contribution in [2.75, 3.05) is 25.1 Å². The van der Waals surface area contributed by atoms with E-state index in [0.717, 1.165) is 0 Å². The number of nitro benzene ring substituents is 1. The molecular formula is C10H13BrN2O5. The zero-order chi connectivity index (χ0) is 13.8. The fourth-order valence-electron chi connectivity index (χ4n) is 1.32. The number of aliphatic hydroxyl groups is 3. The van der Waals surface area contributed by atoms with Gasteiger partial charge in [0.15, 0.2) is 0 Å². The number of nitrogens with one attached hydrogen (secondary N) is 1. The van der Waals surface area contributed by atoms with Gasteiger partial charge in [0.1, 0.15) is 11.2 Å². The molecule has 0 saturated carbocycles. The molecule has 1 aromatic carbocycles. The van der Waals surface area contributed by atoms with Gasteiger partial charge >= 0.3 is 0 Å². The number of rotatable bonds is 6. The maximum atomic E-state index is 10.8. The molecule has 0 amide bonds. The number of nitro groups is 1. The Morgan fingerprint density at radius 3 is 2.28 bits per heavy atom. The van der Waals surface area contributed by atoms with Crippen molar-refractivity contribution in [2.24, 2.45) is 0 Å². The maximum absolute atomic E-state index is 10.8. The highest BCUT2D eigenvalue weighted by Crippen LogP contribution is 2.30. The van der Waals surface area contributed by atoms with Gasteiger partial charge in [0.2, 0.25) is 0 Å². The van der Waals surface area contributed by atoms with Crippen molar-refractivity contribution in [1.29, 1.82) is 0 Å². The summed E-state index contributed by atoms with van der Waals surface area (Å²) in [7, 11) is 0. The third kappa shape index (κ3) is 3.16. The zero-order valence-electron chi connectivity index (χ0n) is 9.34. The van der Waals surface area contributed by atoms with Crippen LogP contribution in [0.4, 0.5) is 11.4 Å². The molecule has 7 nitrogen and oxygen atoms in total. The predicted molar refractivity (Wildman–Crippen MR) is 68.4 cm³/mol. The number of nitrogens with zero attached hydrogens (tertiary/aromatic N) is 1. The van der Waals surface area contributed by atoms with E-state index in [2.05, 4.69) is 21.2 Å². The molecule has 0 unspecified atom stereocenters. The third-order valence-electron chi connectivity index (χ3n) is 2.46. The molecule has 18 heavy (non-hydrogen) atoms. The van der Waals surface area contributed by atoms with Gasteiger partial charge in [-0.2, -0.15) is 0 Å². The second kappa shape index (κ2) is 6.10. The molecule has 0 aromatic heterocycles. The first-order valence-corrected chi connectivity index (χ1v) is 5.82. The van der Waals surface area contributed by atoms with E-state index in [-0.39, 0.29) is 11.4 Å². The average molecular weight is 321 g/mol. The van der Waals surface area contributed by atoms with E-state index in [1.54, 1.807) is 0 Å². The van der Waals surface area contributed by atoms with E-state index in [1.165, 1.54) is 18.2 Å². The van der Waals surface area contributed by atoms with Crippen LogP contribution >= 0.6 is 15.9 Å². The van der Waals surface area contributed by atoms with Crippen molar-refractivity contribution < 1.29 is 20.2 Å². The number of aliphatic hydroxyl groups excluding tert-OH is 3. The Labute approximate surface area is 111 Å². The van der Waals surface area contributed by atoms with Gasteiger partial charge in [0.05, 0.1) is 24.7 Å². The lowest BCUT2D eigenvalue weighted by atomic mass is 10.0. The Hall–Kier alpha value is -1.22. The molecule has 1 aromatic rings. The van der Waals surface area contributed by atoms with E-state index in [1.807, 2.05) is 0 Å². The van der Waals surface area contributed by atoms with Gasteiger partial charge in [-0.25, -0.2) is 0 Å². The summed E-state index contributed by atoms with van der Waals surface area (Å²) >= 11 is 3.17. The molecule has 100 valence electrons. The lowest BCUT2D eigenvalue weighted by Crippen LogP contribution is -2.49. The molecule has 0 fully saturated rings. The minimum Gasteiger partial charge on any atom is -0.394 e. The van der Waals surface area contributed by atoms with Crippen molar-refractivity contribution in [2.45, 2.75) is 5.54 Å². The van der Waals surface area contributed by atoms with Crippen molar-refractivity contribution in [3.63, 3.8) is 0 Å². The minimum absolute atomic E-state index is 0.103. The van der Waals surface area contributed by atoms with E-state index < -0.39 is 30.3 Å². The second-order valence-corrected chi connectivity index (χ2v) is 4.71. The van der Waals surface area contributed by atoms with E-state index >= 15 is 0 Å². The van der Waals surface area contributed by atoms with Crippen LogP contribution in [0, 0.1) is 10.1 Å². The molecule has 4 N–H and O–H groups in total. The molecule has 0 radical (unpaired) electrons. The van der Waals surface area contributed by atoms with Gasteiger partial charge in [0, 0.05) is 10.5 Å². The molecule has 0 aliphatic heterocycles. The van der Waals surface area contributed by atoms with Gasteiger partial charge in [-0.1, -0.05) is 15.9 Å². The van der Waals surface area contributed by atoms with Crippen LogP contribution in [0.2, 0.25) is 0 Å². The molecule has 0 heterocycles. The van der Waals surface area contributed by atoms with E-state index in [0.29, 0.717) is 4.47 Å². The van der Waals surface area contributed by atoms with Gasteiger partial charge in [0.25, 0.3) is 5.69 Å². The number of halogens is 1. The summed E-state index contributed by atoms with van der Waals surface area (Å²) in [5.74, 6) is 0. The first-order valence-electron chi connectivity index (χ1n) is 5.03. The summed E-state index contributed by atoms with van der Waals surface area (Å²) in [6, 6.07) is 4.22. The maximum Gasteiger partial charge on any atom is 0.292 e. The van der Waals surface area contributed by atoms with E-state index in [9.17, 15) is 25.4 Å². The summed E-state index contributed by atoms with van der Waals surface area (Å²) in [5, 5.41) is 41.0. The van der Waals surface area contributed by atoms with Crippen molar-refractivity contribution in [3.8, 4) is 0 Å².